The van der Waals surface area contributed by atoms with Crippen molar-refractivity contribution in [2.45, 2.75) is 103 Å². The van der Waals surface area contributed by atoms with Gasteiger partial charge < -0.3 is 19.5 Å². The van der Waals surface area contributed by atoms with E-state index in [1.165, 1.54) is 58.5 Å². The highest BCUT2D eigenvalue weighted by Crippen LogP contribution is 2.87. The van der Waals surface area contributed by atoms with Crippen molar-refractivity contribution in [2.24, 2.45) is 45.3 Å². The summed E-state index contributed by atoms with van der Waals surface area (Å²) in [5.74, 6) is 3.02. The second-order valence-corrected chi connectivity index (χ2v) is 13.8. The predicted octanol–water partition coefficient (Wildman–Crippen LogP) is 5.25. The van der Waals surface area contributed by atoms with Gasteiger partial charge in [0.05, 0.1) is 25.4 Å². The summed E-state index contributed by atoms with van der Waals surface area (Å²) in [6.45, 7) is 7.94. The van der Waals surface area contributed by atoms with Gasteiger partial charge in [-0.1, -0.05) is 20.8 Å². The first-order chi connectivity index (χ1) is 15.6. The summed E-state index contributed by atoms with van der Waals surface area (Å²) in [7, 11) is 3.26. The molecule has 1 aliphatic heterocycles. The van der Waals surface area contributed by atoms with Gasteiger partial charge in [0.15, 0.2) is 0 Å². The molecule has 1 amide bonds. The van der Waals surface area contributed by atoms with Gasteiger partial charge in [-0.15, -0.1) is 0 Å². The molecule has 10 atom stereocenters. The molecule has 7 unspecified atom stereocenters. The van der Waals surface area contributed by atoms with E-state index < -0.39 is 0 Å². The van der Waals surface area contributed by atoms with E-state index in [0.717, 1.165) is 24.7 Å². The normalized spacial score (nSPS) is 53.6. The molecule has 186 valence electrons. The van der Waals surface area contributed by atoms with Crippen molar-refractivity contribution in [3.8, 4) is 0 Å². The minimum absolute atomic E-state index is 0.0686. The molecule has 5 nitrogen and oxygen atoms in total. The summed E-state index contributed by atoms with van der Waals surface area (Å²) in [6, 6.07) is 0. The highest BCUT2D eigenvalue weighted by atomic mass is 16.5. The average Bonchev–Trinajstić information content (AvgIpc) is 3.36. The quantitative estimate of drug-likeness (QED) is 0.613. The highest BCUT2D eigenvalue weighted by molar-refractivity contribution is 5.66. The van der Waals surface area contributed by atoms with Gasteiger partial charge in [0.25, 0.3) is 0 Å². The molecule has 2 spiro atoms. The van der Waals surface area contributed by atoms with Gasteiger partial charge in [-0.3, -0.25) is 0 Å². The van der Waals surface area contributed by atoms with Crippen LogP contribution in [0.1, 0.15) is 85.0 Å². The lowest BCUT2D eigenvalue weighted by atomic mass is 9.46. The van der Waals surface area contributed by atoms with Crippen LogP contribution in [0, 0.1) is 45.3 Å². The summed E-state index contributed by atoms with van der Waals surface area (Å²) < 4.78 is 11.6. The Balaban J connectivity index is 1.21. The smallest absolute Gasteiger partial charge is 0.409 e. The van der Waals surface area contributed by atoms with Crippen molar-refractivity contribution >= 4 is 6.09 Å². The van der Waals surface area contributed by atoms with Gasteiger partial charge in [-0.2, -0.15) is 0 Å². The number of aliphatic hydroxyl groups excluding tert-OH is 1. The van der Waals surface area contributed by atoms with Crippen LogP contribution in [0.3, 0.4) is 0 Å². The van der Waals surface area contributed by atoms with E-state index in [-0.39, 0.29) is 23.7 Å². The molecule has 0 aromatic heterocycles. The molecule has 6 rings (SSSR count). The lowest BCUT2D eigenvalue weighted by Crippen LogP contribution is -2.54. The van der Waals surface area contributed by atoms with E-state index in [2.05, 4.69) is 20.8 Å². The number of hydrogen-bond donors (Lipinski definition) is 1. The maximum Gasteiger partial charge on any atom is 0.409 e. The molecule has 5 heteroatoms. The zero-order valence-corrected chi connectivity index (χ0v) is 21.4. The van der Waals surface area contributed by atoms with Crippen LogP contribution in [-0.4, -0.2) is 55.1 Å². The summed E-state index contributed by atoms with van der Waals surface area (Å²) >= 11 is 0. The number of methoxy groups -OCH3 is 1. The van der Waals surface area contributed by atoms with E-state index in [4.69, 9.17) is 9.47 Å². The number of amides is 1. The molecule has 1 saturated heterocycles. The van der Waals surface area contributed by atoms with Crippen LogP contribution in [0.2, 0.25) is 0 Å². The van der Waals surface area contributed by atoms with Gasteiger partial charge in [-0.05, 0) is 110 Å². The molecule has 0 radical (unpaired) electrons. The second-order valence-electron chi connectivity index (χ2n) is 13.8. The molecule has 5 saturated carbocycles. The molecule has 33 heavy (non-hydrogen) atoms. The third-order valence-electron chi connectivity index (χ3n) is 12.6. The largest absolute Gasteiger partial charge is 0.453 e. The van der Waals surface area contributed by atoms with Crippen LogP contribution in [0.5, 0.6) is 0 Å². The molecule has 0 aromatic rings. The Morgan fingerprint density at radius 2 is 1.76 bits per heavy atom. The fourth-order valence-corrected chi connectivity index (χ4v) is 11.0. The van der Waals surface area contributed by atoms with E-state index in [1.807, 2.05) is 7.05 Å². The molecule has 5 aliphatic carbocycles. The third-order valence-corrected chi connectivity index (χ3v) is 12.6. The van der Waals surface area contributed by atoms with Crippen molar-refractivity contribution in [3.05, 3.63) is 0 Å². The number of likely N-dealkylation sites (N-methyl/N-ethyl adjacent to an activating group) is 1. The van der Waals surface area contributed by atoms with Gasteiger partial charge in [0.2, 0.25) is 0 Å². The number of hydrogen-bond acceptors (Lipinski definition) is 4. The Morgan fingerprint density at radius 1 is 1.00 bits per heavy atom. The topological polar surface area (TPSA) is 59.0 Å². The van der Waals surface area contributed by atoms with Crippen molar-refractivity contribution < 1.29 is 19.4 Å². The first kappa shape index (κ1) is 22.6. The number of ether oxygens (including phenoxy) is 2. The second kappa shape index (κ2) is 7.12. The Bertz CT molecular complexity index is 829. The van der Waals surface area contributed by atoms with Crippen LogP contribution in [-0.2, 0) is 9.47 Å². The van der Waals surface area contributed by atoms with Crippen molar-refractivity contribution in [3.63, 3.8) is 0 Å². The first-order valence-electron chi connectivity index (χ1n) is 13.7. The molecule has 1 heterocycles. The Morgan fingerprint density at radius 3 is 2.52 bits per heavy atom. The van der Waals surface area contributed by atoms with Gasteiger partial charge >= 0.3 is 6.09 Å². The maximum atomic E-state index is 11.9. The Kier molecular flexibility index (Phi) is 4.88. The number of aliphatic hydroxyl groups is 1. The summed E-state index contributed by atoms with van der Waals surface area (Å²) in [5, 5.41) is 10.8. The number of rotatable bonds is 2. The van der Waals surface area contributed by atoms with E-state index in [0.29, 0.717) is 40.7 Å². The average molecular weight is 460 g/mol. The molecular formula is C28H45NO4. The Labute approximate surface area is 200 Å². The molecule has 6 aliphatic rings. The summed E-state index contributed by atoms with van der Waals surface area (Å²) in [4.78, 5) is 13.5. The molecule has 0 aromatic carbocycles. The minimum Gasteiger partial charge on any atom is -0.453 e. The fraction of sp³-hybridized carbons (Fsp3) is 0.964. The van der Waals surface area contributed by atoms with Gasteiger partial charge in [0.1, 0.15) is 0 Å². The van der Waals surface area contributed by atoms with Gasteiger partial charge in [0, 0.05) is 13.6 Å². The van der Waals surface area contributed by atoms with Gasteiger partial charge in [-0.25, -0.2) is 4.79 Å². The lowest BCUT2D eigenvalue weighted by molar-refractivity contribution is -0.135. The van der Waals surface area contributed by atoms with Crippen LogP contribution in [0.25, 0.3) is 0 Å². The number of nitrogens with zero attached hydrogens (tertiary/aromatic N) is 1. The standard InChI is InChI=1S/C28H45NO4/c1-25(2)22-9-8-18-20-14-21-19(7-6-17(33-21)15-29(4)24(31)32-5)26(20,3)12-13-27(18)16-28(22,27)11-10-23(25)30/h17-23,30H,6-16H2,1-5H3/t17?,18?,19?,20?,21?,22-,23-,26?,27-,28?/m0/s1. The van der Waals surface area contributed by atoms with Crippen LogP contribution in [0.15, 0.2) is 0 Å². The molecule has 0 bridgehead atoms. The Hall–Kier alpha value is -0.810. The highest BCUT2D eigenvalue weighted by Gasteiger charge is 2.80. The predicted molar refractivity (Wildman–Crippen MR) is 127 cm³/mol. The van der Waals surface area contributed by atoms with E-state index in [9.17, 15) is 9.90 Å². The number of fused-ring (bicyclic) bond motifs is 4. The van der Waals surface area contributed by atoms with Crippen molar-refractivity contribution in [1.29, 1.82) is 0 Å². The maximum absolute atomic E-state index is 11.9. The molecule has 1 N–H and O–H groups in total. The van der Waals surface area contributed by atoms with Crippen molar-refractivity contribution in [2.75, 3.05) is 20.7 Å². The zero-order chi connectivity index (χ0) is 23.4. The number of carbonyl (C=O) groups excluding carboxylic acids is 1. The molecule has 6 fully saturated rings. The monoisotopic (exact) mass is 459 g/mol. The minimum atomic E-state index is -0.272. The van der Waals surface area contributed by atoms with Crippen molar-refractivity contribution in [1.82, 2.24) is 4.90 Å². The van der Waals surface area contributed by atoms with Crippen LogP contribution in [0.4, 0.5) is 4.79 Å². The summed E-state index contributed by atoms with van der Waals surface area (Å²) in [5.41, 5.74) is 1.55. The molecular weight excluding hydrogens is 414 g/mol. The van der Waals surface area contributed by atoms with Crippen LogP contribution < -0.4 is 0 Å². The van der Waals surface area contributed by atoms with Crippen LogP contribution >= 0.6 is 0 Å². The first-order valence-corrected chi connectivity index (χ1v) is 13.7. The third kappa shape index (κ3) is 2.81. The van der Waals surface area contributed by atoms with E-state index in [1.54, 1.807) is 4.90 Å². The fourth-order valence-electron chi connectivity index (χ4n) is 11.0. The SMILES string of the molecule is COC(=O)N(C)CC1CCC2C(CC3C4CC[C@H]5C(C)(C)[C@@H](O)CCC56C[C@@]46CCC23C)O1. The van der Waals surface area contributed by atoms with E-state index >= 15 is 0 Å². The number of carbonyl (C=O) groups is 1. The zero-order valence-electron chi connectivity index (χ0n) is 21.4. The lowest BCUT2D eigenvalue weighted by Gasteiger charge is -2.59. The summed E-state index contributed by atoms with van der Waals surface area (Å²) in [6.07, 6.45) is 12.7.